The van der Waals surface area contributed by atoms with Gasteiger partial charge in [0.25, 0.3) is 6.47 Å². The number of fused-ring (bicyclic) bond motifs is 8. The molecule has 0 N–H and O–H groups in total. The van der Waals surface area contributed by atoms with Crippen molar-refractivity contribution in [3.8, 4) is 56.8 Å². The van der Waals surface area contributed by atoms with Gasteiger partial charge in [-0.3, -0.25) is 9.78 Å². The number of benzene rings is 15. The normalized spacial score (nSPS) is 15.0. The minimum absolute atomic E-state index is 0.0163. The molecule has 0 amide bonds. The zero-order valence-electron chi connectivity index (χ0n) is 74.6. The summed E-state index contributed by atoms with van der Waals surface area (Å²) in [5, 5.41) is 8.12. The highest BCUT2D eigenvalue weighted by atomic mass is 19.3. The summed E-state index contributed by atoms with van der Waals surface area (Å²) in [6.45, 7) is 15.2. The zero-order chi connectivity index (χ0) is 95.8. The number of halogens is 11. The number of anilines is 2. The average Bonchev–Trinajstić information content (AvgIpc) is 0.721. The number of ether oxygens (including phenoxy) is 1. The van der Waals surface area contributed by atoms with Gasteiger partial charge in [0.05, 0.1) is 62.8 Å². The van der Waals surface area contributed by atoms with Gasteiger partial charge >= 0.3 is 40.8 Å². The summed E-state index contributed by atoms with van der Waals surface area (Å²) in [5.74, 6) is 0.197. The third-order valence-corrected chi connectivity index (χ3v) is 24.4. The van der Waals surface area contributed by atoms with Gasteiger partial charge in [0.2, 0.25) is 0 Å². The SMILES string of the molecule is CCN(CC)c1ccc([N+]2=Cc3cc(F)ccc3O[B-]2(F)F)cc1.CCN(CC)c1ccc2c(c1)O[B-](F)(F)[N+](c1ccc(-c3ccc(-c4ccccc4)cc3)cc1)=C2.Cc1ccc2c(c1)O[B-](F)(F)[N+](c1ccc3c(C)cc(=O)oc3c1)=C2.F[B-]1(F)Oc2c(ccc3ccccc23)C=[N+]1c1cccnc1.O=COc1ccc2c(c1)O[B-](F)(F)[N+](c1ccc3ccc4cccc5ccc1c3c45)=C2. The molecular weight excluding hydrogens is 1770 g/mol. The number of hydrogen-bond donors (Lipinski definition) is 0. The second-order valence-electron chi connectivity index (χ2n) is 33.1. The molecule has 0 aliphatic carbocycles. The van der Waals surface area contributed by atoms with E-state index in [1.165, 1.54) is 73.7 Å². The number of rotatable bonds is 15. The number of aryl methyl sites for hydroxylation is 2. The van der Waals surface area contributed by atoms with Crippen molar-refractivity contribution in [2.45, 2.75) is 41.5 Å². The number of carbonyl (C=O) groups is 1. The van der Waals surface area contributed by atoms with Gasteiger partial charge < -0.3 is 108 Å². The standard InChI is InChI=1S/C29H27BF2N2O.C24H14BF2NO3.C18H14BF2NO3.C17H18BF3N2O.C16H11BF2N2O/c1-3-33(4-2)28-19-16-26-21-34(30(31,32)35-29(26)20-28)27-17-14-25(15-18-27)24-12-10-23(11-13-24)22-8-6-5-7-9-22;26-25(27)28(13-18-6-9-19(30-14-29)12-22(18)31-25)21-11-8-17-5-4-15-2-1-3-16-7-10-20(21)24(17)23(15)16;1-11-3-4-13-10-22(19(20,21)25-16(13)7-11)14-5-6-15-12(2)8-18(23)24-17(15)9-14;1-3-22(4-2)15-6-8-16(9-7-15)23-12-13-11-14(19)5-10-17(13)24-18(23,20)21;18-17(19)21(14-5-3-9-20-10-14)11-13-8-7-12-4-1-2-6-15(12)16(13)22-17/h5-21H,3-4H2,1-2H3;1-14H;3-10H,1-2H3;5-12H,3-4H2,1-2H3;1-11H. The average molecular weight is 1850 g/mol. The molecule has 22 rings (SSSR count). The van der Waals surface area contributed by atoms with Crippen molar-refractivity contribution >= 4 is 167 Å². The first kappa shape index (κ1) is 91.4. The van der Waals surface area contributed by atoms with Gasteiger partial charge in [-0.15, -0.1) is 0 Å². The van der Waals surface area contributed by atoms with Gasteiger partial charge in [0, 0.05) is 132 Å². The van der Waals surface area contributed by atoms with E-state index in [4.69, 9.17) is 32.4 Å². The van der Waals surface area contributed by atoms with E-state index in [0.29, 0.717) is 55.8 Å². The number of nitrogens with zero attached hydrogens (tertiary/aromatic N) is 8. The van der Waals surface area contributed by atoms with Crippen LogP contribution in [0.15, 0.2) is 325 Å². The summed E-state index contributed by atoms with van der Waals surface area (Å²) in [6, 6.07) is 88.7. The van der Waals surface area contributed by atoms with Crippen molar-refractivity contribution in [3.63, 3.8) is 0 Å². The Morgan fingerprint density at radius 1 is 0.365 bits per heavy atom. The fraction of sp³-hybridized carbons (Fsp3) is 0.0962. The van der Waals surface area contributed by atoms with E-state index >= 15 is 17.3 Å². The maximum absolute atomic E-state index is 15.2. The maximum atomic E-state index is 15.2. The van der Waals surface area contributed by atoms with Crippen LogP contribution in [0.4, 0.5) is 87.4 Å². The minimum atomic E-state index is -4.40. The quantitative estimate of drug-likeness (QED) is 0.0318. The summed E-state index contributed by atoms with van der Waals surface area (Å²) >= 11 is 0. The highest BCUT2D eigenvalue weighted by Gasteiger charge is 2.55. The van der Waals surface area contributed by atoms with Crippen molar-refractivity contribution < 1.29 is 107 Å². The van der Waals surface area contributed by atoms with Gasteiger partial charge in [-0.2, -0.15) is 0 Å². The summed E-state index contributed by atoms with van der Waals surface area (Å²) in [7, 11) is -21.4. The summed E-state index contributed by atoms with van der Waals surface area (Å²) in [4.78, 5) is 30.2. The molecule has 2 aromatic heterocycles. The Bertz CT molecular complexity index is 7740. The van der Waals surface area contributed by atoms with Gasteiger partial charge in [0.1, 0.15) is 48.2 Å². The molecule has 17 aromatic rings. The summed E-state index contributed by atoms with van der Waals surface area (Å²) < 4.78 is 200. The molecule has 0 bridgehead atoms. The Labute approximate surface area is 779 Å². The molecule has 15 aromatic carbocycles. The van der Waals surface area contributed by atoms with Gasteiger partial charge in [-0.25, -0.2) is 9.18 Å². The van der Waals surface area contributed by atoms with Crippen LogP contribution in [0.2, 0.25) is 0 Å². The first-order chi connectivity index (χ1) is 65.9. The lowest BCUT2D eigenvalue weighted by molar-refractivity contribution is -0.344. The van der Waals surface area contributed by atoms with Crippen molar-refractivity contribution in [2.24, 2.45) is 0 Å². The number of hydrogen-bond acceptors (Lipinski definition) is 12. The van der Waals surface area contributed by atoms with E-state index in [9.17, 15) is 39.9 Å². The van der Waals surface area contributed by atoms with Gasteiger partial charge in [-0.1, -0.05) is 127 Å². The van der Waals surface area contributed by atoms with Crippen LogP contribution in [0.1, 0.15) is 66.6 Å². The molecule has 137 heavy (non-hydrogen) atoms. The lowest BCUT2D eigenvalue weighted by atomic mass is 9.91. The Morgan fingerprint density at radius 2 is 0.839 bits per heavy atom. The van der Waals surface area contributed by atoms with E-state index in [-0.39, 0.29) is 57.8 Å². The number of pyridine rings is 1. The Morgan fingerprint density at radius 3 is 1.48 bits per heavy atom. The van der Waals surface area contributed by atoms with Crippen molar-refractivity contribution in [1.82, 2.24) is 4.98 Å². The number of aromatic nitrogens is 1. The smallest absolute Gasteiger partial charge is 0.599 e. The molecule has 33 heteroatoms. The molecule has 7 heterocycles. The van der Waals surface area contributed by atoms with Gasteiger partial charge in [0.15, 0.2) is 28.4 Å². The Kier molecular flexibility index (Phi) is 25.0. The lowest BCUT2D eigenvalue weighted by Crippen LogP contribution is -2.46. The fourth-order valence-corrected chi connectivity index (χ4v) is 17.5. The molecular formula is C104H84B5F11N8O9. The van der Waals surface area contributed by atoms with Crippen LogP contribution in [0.5, 0.6) is 34.5 Å². The largest absolute Gasteiger partial charge is 0.834 e. The highest BCUT2D eigenvalue weighted by Crippen LogP contribution is 2.45. The van der Waals surface area contributed by atoms with Gasteiger partial charge in [-0.05, 0) is 211 Å². The number of carbonyl (C=O) groups excluding carboxylic acids is 1. The third kappa shape index (κ3) is 18.8. The Hall–Kier alpha value is -16.1. The molecule has 5 aliphatic heterocycles. The lowest BCUT2D eigenvalue weighted by Gasteiger charge is -2.30. The first-order valence-electron chi connectivity index (χ1n) is 44.4. The molecule has 17 nitrogen and oxygen atoms in total. The van der Waals surface area contributed by atoms with Crippen LogP contribution in [0.3, 0.4) is 0 Å². The van der Waals surface area contributed by atoms with Crippen LogP contribution in [-0.4, -0.2) is 126 Å². The molecule has 0 saturated heterocycles. The van der Waals surface area contributed by atoms with Crippen molar-refractivity contribution in [1.29, 1.82) is 0 Å². The van der Waals surface area contributed by atoms with Crippen LogP contribution in [-0.2, 0) is 4.79 Å². The highest BCUT2D eigenvalue weighted by molar-refractivity contribution is 6.55. The molecule has 0 saturated carbocycles. The van der Waals surface area contributed by atoms with E-state index in [2.05, 4.69) is 51.2 Å². The second kappa shape index (κ2) is 37.4. The Balaban J connectivity index is 0.000000115. The van der Waals surface area contributed by atoms with E-state index < -0.39 is 46.6 Å². The van der Waals surface area contributed by atoms with Crippen LogP contribution >= 0.6 is 0 Å². The summed E-state index contributed by atoms with van der Waals surface area (Å²) in [5.41, 5.74) is 11.6. The summed E-state index contributed by atoms with van der Waals surface area (Å²) in [6.07, 6.45) is 9.80. The molecule has 5 aliphatic rings. The van der Waals surface area contributed by atoms with E-state index in [1.54, 1.807) is 116 Å². The van der Waals surface area contributed by atoms with Crippen molar-refractivity contribution in [2.75, 3.05) is 36.0 Å². The minimum Gasteiger partial charge on any atom is -0.599 e. The predicted octanol–water partition coefficient (Wildman–Crippen LogP) is 25.0. The first-order valence-corrected chi connectivity index (χ1v) is 44.4. The predicted molar refractivity (Wildman–Crippen MR) is 522 cm³/mol. The maximum Gasteiger partial charge on any atom is 0.834 e. The molecule has 686 valence electrons. The van der Waals surface area contributed by atoms with E-state index in [1.807, 2.05) is 156 Å². The second-order valence-corrected chi connectivity index (χ2v) is 33.1. The molecule has 0 radical (unpaired) electrons. The van der Waals surface area contributed by atoms with Crippen LogP contribution in [0, 0.1) is 19.7 Å². The molecule has 0 fully saturated rings. The third-order valence-electron chi connectivity index (χ3n) is 24.4. The molecule has 0 spiro atoms. The van der Waals surface area contributed by atoms with E-state index in [0.717, 1.165) is 137 Å². The van der Waals surface area contributed by atoms with Crippen LogP contribution in [0.25, 0.3) is 76.3 Å². The fourth-order valence-electron chi connectivity index (χ4n) is 17.5. The molecule has 0 atom stereocenters. The monoisotopic (exact) mass is 1850 g/mol. The van der Waals surface area contributed by atoms with Crippen molar-refractivity contribution in [3.05, 3.63) is 371 Å². The topological polar surface area (TPSA) is 137 Å². The zero-order valence-corrected chi connectivity index (χ0v) is 74.6. The molecule has 0 unspecified atom stereocenters. The van der Waals surface area contributed by atoms with Crippen LogP contribution < -0.4 is 43.4 Å².